The number of aromatic nitrogens is 2. The van der Waals surface area contributed by atoms with Gasteiger partial charge in [-0.3, -0.25) is 0 Å². The van der Waals surface area contributed by atoms with Crippen molar-refractivity contribution in [3.63, 3.8) is 0 Å². The van der Waals surface area contributed by atoms with Crippen LogP contribution in [0.3, 0.4) is 0 Å². The Morgan fingerprint density at radius 3 is 3.10 bits per heavy atom. The minimum Gasteiger partial charge on any atom is -0.467 e. The molecule has 0 aliphatic carbocycles. The molecule has 1 N–H and O–H groups in total. The predicted molar refractivity (Wildman–Crippen MR) is 79.9 cm³/mol. The van der Waals surface area contributed by atoms with Crippen LogP contribution in [0.4, 0.5) is 0 Å². The summed E-state index contributed by atoms with van der Waals surface area (Å²) in [4.78, 5) is 5.43. The molecule has 1 unspecified atom stereocenters. The smallest absolute Gasteiger partial charge is 0.150 e. The van der Waals surface area contributed by atoms with Crippen molar-refractivity contribution in [3.8, 4) is 10.7 Å². The van der Waals surface area contributed by atoms with Crippen molar-refractivity contribution >= 4 is 11.3 Å². The SMILES string of the molecule is OC(COCc1ccco1)Cn1ccnc1-c1cccs1. The van der Waals surface area contributed by atoms with E-state index < -0.39 is 6.10 Å². The molecule has 0 amide bonds. The lowest BCUT2D eigenvalue weighted by Crippen LogP contribution is -2.22. The molecule has 0 aliphatic rings. The van der Waals surface area contributed by atoms with Gasteiger partial charge in [0.1, 0.15) is 18.2 Å². The zero-order valence-electron chi connectivity index (χ0n) is 11.4. The number of hydrogen-bond donors (Lipinski definition) is 1. The van der Waals surface area contributed by atoms with Crippen molar-refractivity contribution in [2.75, 3.05) is 6.61 Å². The van der Waals surface area contributed by atoms with E-state index in [1.54, 1.807) is 23.8 Å². The maximum Gasteiger partial charge on any atom is 0.150 e. The summed E-state index contributed by atoms with van der Waals surface area (Å²) >= 11 is 1.63. The first-order chi connectivity index (χ1) is 10.3. The molecule has 0 bridgehead atoms. The van der Waals surface area contributed by atoms with Crippen LogP contribution in [-0.2, 0) is 17.9 Å². The van der Waals surface area contributed by atoms with Crippen molar-refractivity contribution < 1.29 is 14.3 Å². The average Bonchev–Trinajstić information content (AvgIpc) is 3.20. The summed E-state index contributed by atoms with van der Waals surface area (Å²) in [5.74, 6) is 1.62. The zero-order chi connectivity index (χ0) is 14.5. The number of ether oxygens (including phenoxy) is 1. The van der Waals surface area contributed by atoms with Crippen LogP contribution >= 0.6 is 11.3 Å². The Morgan fingerprint density at radius 2 is 2.33 bits per heavy atom. The van der Waals surface area contributed by atoms with Gasteiger partial charge in [-0.25, -0.2) is 4.98 Å². The van der Waals surface area contributed by atoms with Crippen LogP contribution in [0.25, 0.3) is 10.7 Å². The van der Waals surface area contributed by atoms with Gasteiger partial charge in [0.2, 0.25) is 0 Å². The normalized spacial score (nSPS) is 12.6. The highest BCUT2D eigenvalue weighted by molar-refractivity contribution is 7.13. The number of rotatable bonds is 7. The first kappa shape index (κ1) is 14.1. The Hall–Kier alpha value is -1.89. The molecule has 0 aliphatic heterocycles. The topological polar surface area (TPSA) is 60.4 Å². The van der Waals surface area contributed by atoms with E-state index >= 15 is 0 Å². The number of aliphatic hydroxyl groups is 1. The van der Waals surface area contributed by atoms with Crippen molar-refractivity contribution in [2.24, 2.45) is 0 Å². The van der Waals surface area contributed by atoms with E-state index in [1.807, 2.05) is 40.4 Å². The molecular weight excluding hydrogens is 288 g/mol. The summed E-state index contributed by atoms with van der Waals surface area (Å²) in [6.45, 7) is 1.07. The molecule has 3 aromatic rings. The molecule has 110 valence electrons. The van der Waals surface area contributed by atoms with Gasteiger partial charge in [0.25, 0.3) is 0 Å². The van der Waals surface area contributed by atoms with E-state index in [2.05, 4.69) is 4.98 Å². The summed E-state index contributed by atoms with van der Waals surface area (Å²) in [6, 6.07) is 7.66. The fourth-order valence-corrected chi connectivity index (χ4v) is 2.79. The van der Waals surface area contributed by atoms with Gasteiger partial charge < -0.3 is 18.8 Å². The van der Waals surface area contributed by atoms with Gasteiger partial charge in [-0.05, 0) is 23.6 Å². The molecule has 3 rings (SSSR count). The molecule has 0 aromatic carbocycles. The fourth-order valence-electron chi connectivity index (χ4n) is 2.06. The lowest BCUT2D eigenvalue weighted by atomic mass is 10.3. The summed E-state index contributed by atoms with van der Waals surface area (Å²) in [7, 11) is 0. The quantitative estimate of drug-likeness (QED) is 0.729. The molecule has 0 saturated carbocycles. The Bertz CT molecular complexity index is 646. The largest absolute Gasteiger partial charge is 0.467 e. The molecule has 0 saturated heterocycles. The lowest BCUT2D eigenvalue weighted by Gasteiger charge is -2.13. The third kappa shape index (κ3) is 3.60. The second-order valence-electron chi connectivity index (χ2n) is 4.63. The van der Waals surface area contributed by atoms with Crippen molar-refractivity contribution in [1.82, 2.24) is 9.55 Å². The Labute approximate surface area is 126 Å². The minimum atomic E-state index is -0.590. The lowest BCUT2D eigenvalue weighted by molar-refractivity contribution is 0.0149. The molecule has 5 nitrogen and oxygen atoms in total. The van der Waals surface area contributed by atoms with Gasteiger partial charge in [0, 0.05) is 12.4 Å². The van der Waals surface area contributed by atoms with Crippen LogP contribution in [0.1, 0.15) is 5.76 Å². The molecule has 0 spiro atoms. The van der Waals surface area contributed by atoms with E-state index in [-0.39, 0.29) is 6.61 Å². The third-order valence-corrected chi connectivity index (χ3v) is 3.86. The highest BCUT2D eigenvalue weighted by Crippen LogP contribution is 2.23. The zero-order valence-corrected chi connectivity index (χ0v) is 12.2. The second kappa shape index (κ2) is 6.71. The second-order valence-corrected chi connectivity index (χ2v) is 5.58. The number of imidazole rings is 1. The van der Waals surface area contributed by atoms with Crippen LogP contribution < -0.4 is 0 Å². The van der Waals surface area contributed by atoms with Gasteiger partial charge in [0.05, 0.1) is 30.4 Å². The number of hydrogen-bond acceptors (Lipinski definition) is 5. The standard InChI is InChI=1S/C15H16N2O3S/c18-12(10-19-11-13-3-1-7-20-13)9-17-6-5-16-15(17)14-4-2-8-21-14/h1-8,12,18H,9-11H2. The number of aliphatic hydroxyl groups excluding tert-OH is 1. The molecule has 1 atom stereocenters. The number of thiophene rings is 1. The van der Waals surface area contributed by atoms with E-state index in [9.17, 15) is 5.11 Å². The molecule has 21 heavy (non-hydrogen) atoms. The summed E-state index contributed by atoms with van der Waals surface area (Å²) in [5, 5.41) is 12.1. The Kier molecular flexibility index (Phi) is 4.49. The maximum absolute atomic E-state index is 10.1. The average molecular weight is 304 g/mol. The molecular formula is C15H16N2O3S. The van der Waals surface area contributed by atoms with Crippen molar-refractivity contribution in [1.29, 1.82) is 0 Å². The van der Waals surface area contributed by atoms with Crippen LogP contribution in [0.15, 0.2) is 52.7 Å². The minimum absolute atomic E-state index is 0.253. The van der Waals surface area contributed by atoms with Gasteiger partial charge in [-0.2, -0.15) is 0 Å². The van der Waals surface area contributed by atoms with Crippen LogP contribution in [0, 0.1) is 0 Å². The number of nitrogens with zero attached hydrogens (tertiary/aromatic N) is 2. The van der Waals surface area contributed by atoms with E-state index in [0.717, 1.165) is 16.5 Å². The van der Waals surface area contributed by atoms with Crippen molar-refractivity contribution in [3.05, 3.63) is 54.1 Å². The summed E-state index contributed by atoms with van der Waals surface area (Å²) in [5.41, 5.74) is 0. The van der Waals surface area contributed by atoms with E-state index in [0.29, 0.717) is 13.2 Å². The Morgan fingerprint density at radius 1 is 1.38 bits per heavy atom. The monoisotopic (exact) mass is 304 g/mol. The van der Waals surface area contributed by atoms with Gasteiger partial charge in [-0.1, -0.05) is 6.07 Å². The first-order valence-corrected chi connectivity index (χ1v) is 7.54. The van der Waals surface area contributed by atoms with Gasteiger partial charge >= 0.3 is 0 Å². The third-order valence-electron chi connectivity index (χ3n) is 3.00. The predicted octanol–water partition coefficient (Wildman–Crippen LogP) is 2.78. The molecule has 6 heteroatoms. The number of furan rings is 1. The van der Waals surface area contributed by atoms with Gasteiger partial charge in [-0.15, -0.1) is 11.3 Å². The molecule has 3 heterocycles. The summed E-state index contributed by atoms with van der Waals surface area (Å²) in [6.07, 6.45) is 4.62. The fraction of sp³-hybridized carbons (Fsp3) is 0.267. The van der Waals surface area contributed by atoms with Crippen LogP contribution in [0.2, 0.25) is 0 Å². The van der Waals surface area contributed by atoms with Crippen LogP contribution in [0.5, 0.6) is 0 Å². The first-order valence-electron chi connectivity index (χ1n) is 6.66. The van der Waals surface area contributed by atoms with Crippen molar-refractivity contribution in [2.45, 2.75) is 19.3 Å². The van der Waals surface area contributed by atoms with E-state index in [1.165, 1.54) is 0 Å². The maximum atomic E-state index is 10.1. The summed E-state index contributed by atoms with van der Waals surface area (Å²) < 4.78 is 12.6. The molecule has 3 aromatic heterocycles. The Balaban J connectivity index is 1.53. The molecule has 0 fully saturated rings. The molecule has 0 radical (unpaired) electrons. The highest BCUT2D eigenvalue weighted by atomic mass is 32.1. The van der Waals surface area contributed by atoms with Gasteiger partial charge in [0.15, 0.2) is 0 Å². The van der Waals surface area contributed by atoms with E-state index in [4.69, 9.17) is 9.15 Å². The highest BCUT2D eigenvalue weighted by Gasteiger charge is 2.11. The van der Waals surface area contributed by atoms with Crippen LogP contribution in [-0.4, -0.2) is 27.4 Å².